The SMILES string of the molecule is CC[C@H](CCO)NC(=O)CCc1c(-c2ccccc2)[nH]c2ccccc12. The largest absolute Gasteiger partial charge is 0.396 e. The molecule has 0 aliphatic carbocycles. The van der Waals surface area contributed by atoms with Crippen LogP contribution in [0.5, 0.6) is 0 Å². The summed E-state index contributed by atoms with van der Waals surface area (Å²) in [6.07, 6.45) is 2.54. The molecule has 4 heteroatoms. The normalized spacial score (nSPS) is 12.2. The maximum atomic E-state index is 12.4. The van der Waals surface area contributed by atoms with Crippen molar-refractivity contribution in [3.8, 4) is 11.3 Å². The lowest BCUT2D eigenvalue weighted by atomic mass is 10.0. The lowest BCUT2D eigenvalue weighted by Gasteiger charge is -2.15. The molecular formula is C22H26N2O2. The van der Waals surface area contributed by atoms with Crippen molar-refractivity contribution in [3.05, 3.63) is 60.2 Å². The minimum absolute atomic E-state index is 0.0367. The van der Waals surface area contributed by atoms with Crippen molar-refractivity contribution in [1.82, 2.24) is 10.3 Å². The summed E-state index contributed by atoms with van der Waals surface area (Å²) in [4.78, 5) is 15.9. The number of nitrogens with one attached hydrogen (secondary N) is 2. The summed E-state index contributed by atoms with van der Waals surface area (Å²) in [6.45, 7) is 2.12. The van der Waals surface area contributed by atoms with Crippen molar-refractivity contribution in [2.75, 3.05) is 6.61 Å². The van der Waals surface area contributed by atoms with Crippen LogP contribution < -0.4 is 5.32 Å². The maximum absolute atomic E-state index is 12.4. The number of aromatic nitrogens is 1. The van der Waals surface area contributed by atoms with E-state index < -0.39 is 0 Å². The average Bonchev–Trinajstić information content (AvgIpc) is 3.05. The number of aliphatic hydroxyl groups excluding tert-OH is 1. The molecule has 0 fully saturated rings. The number of benzene rings is 2. The van der Waals surface area contributed by atoms with Gasteiger partial charge in [-0.25, -0.2) is 0 Å². The van der Waals surface area contributed by atoms with Crippen molar-refractivity contribution in [2.45, 2.75) is 38.6 Å². The van der Waals surface area contributed by atoms with Gasteiger partial charge in [-0.3, -0.25) is 4.79 Å². The van der Waals surface area contributed by atoms with Crippen LogP contribution in [0.1, 0.15) is 31.7 Å². The Morgan fingerprint density at radius 1 is 1.12 bits per heavy atom. The van der Waals surface area contributed by atoms with Crippen LogP contribution >= 0.6 is 0 Å². The van der Waals surface area contributed by atoms with Gasteiger partial charge in [-0.2, -0.15) is 0 Å². The van der Waals surface area contributed by atoms with Gasteiger partial charge < -0.3 is 15.4 Å². The molecule has 0 unspecified atom stereocenters. The first-order valence-electron chi connectivity index (χ1n) is 9.28. The van der Waals surface area contributed by atoms with E-state index in [2.05, 4.69) is 34.6 Å². The number of rotatable bonds is 8. The Hall–Kier alpha value is -2.59. The average molecular weight is 350 g/mol. The summed E-state index contributed by atoms with van der Waals surface area (Å²) < 4.78 is 0. The topological polar surface area (TPSA) is 65.1 Å². The van der Waals surface area contributed by atoms with Gasteiger partial charge >= 0.3 is 0 Å². The van der Waals surface area contributed by atoms with E-state index in [4.69, 9.17) is 5.11 Å². The molecule has 0 aliphatic heterocycles. The van der Waals surface area contributed by atoms with Gasteiger partial charge in [0.05, 0.1) is 0 Å². The molecule has 2 aromatic carbocycles. The molecule has 1 aromatic heterocycles. The fraction of sp³-hybridized carbons (Fsp3) is 0.318. The molecule has 3 rings (SSSR count). The Morgan fingerprint density at radius 2 is 1.85 bits per heavy atom. The minimum atomic E-state index is 0.0367. The lowest BCUT2D eigenvalue weighted by molar-refractivity contribution is -0.121. The molecular weight excluding hydrogens is 324 g/mol. The van der Waals surface area contributed by atoms with Crippen LogP contribution in [0.3, 0.4) is 0 Å². The maximum Gasteiger partial charge on any atom is 0.220 e. The second-order valence-electron chi connectivity index (χ2n) is 6.58. The molecule has 1 heterocycles. The number of hydrogen-bond donors (Lipinski definition) is 3. The molecule has 0 saturated heterocycles. The van der Waals surface area contributed by atoms with E-state index in [0.717, 1.165) is 23.2 Å². The van der Waals surface area contributed by atoms with Gasteiger partial charge in [0.1, 0.15) is 0 Å². The summed E-state index contributed by atoms with van der Waals surface area (Å²) in [7, 11) is 0. The van der Waals surface area contributed by atoms with E-state index in [0.29, 0.717) is 19.3 Å². The number of para-hydroxylation sites is 1. The summed E-state index contributed by atoms with van der Waals surface area (Å²) in [5, 5.41) is 13.3. The molecule has 0 spiro atoms. The van der Waals surface area contributed by atoms with Crippen LogP contribution in [0, 0.1) is 0 Å². The van der Waals surface area contributed by atoms with Crippen molar-refractivity contribution in [3.63, 3.8) is 0 Å². The Labute approximate surface area is 154 Å². The number of aryl methyl sites for hydroxylation is 1. The molecule has 0 radical (unpaired) electrons. The Morgan fingerprint density at radius 3 is 2.58 bits per heavy atom. The number of amides is 1. The Bertz CT molecular complexity index is 855. The smallest absolute Gasteiger partial charge is 0.220 e. The van der Waals surface area contributed by atoms with Gasteiger partial charge in [-0.05, 0) is 36.5 Å². The highest BCUT2D eigenvalue weighted by Crippen LogP contribution is 2.31. The predicted molar refractivity (Wildman–Crippen MR) is 106 cm³/mol. The van der Waals surface area contributed by atoms with Crippen molar-refractivity contribution in [1.29, 1.82) is 0 Å². The zero-order chi connectivity index (χ0) is 18.4. The Kier molecular flexibility index (Phi) is 6.08. The molecule has 3 aromatic rings. The third-order valence-corrected chi connectivity index (χ3v) is 4.81. The molecule has 1 atom stereocenters. The number of H-pyrrole nitrogens is 1. The number of hydrogen-bond acceptors (Lipinski definition) is 2. The van der Waals surface area contributed by atoms with Gasteiger partial charge in [0.25, 0.3) is 0 Å². The highest BCUT2D eigenvalue weighted by molar-refractivity contribution is 5.91. The molecule has 0 saturated carbocycles. The van der Waals surface area contributed by atoms with Crippen LogP contribution in [0.25, 0.3) is 22.2 Å². The minimum Gasteiger partial charge on any atom is -0.396 e. The standard InChI is InChI=1S/C22H26N2O2/c1-2-17(14-15-25)23-21(26)13-12-19-18-10-6-7-11-20(18)24-22(19)16-8-4-3-5-9-16/h3-11,17,24-25H,2,12-15H2,1H3,(H,23,26)/t17-/m1/s1. The summed E-state index contributed by atoms with van der Waals surface area (Å²) >= 11 is 0. The molecule has 0 aliphatic rings. The second kappa shape index (κ2) is 8.68. The molecule has 4 nitrogen and oxygen atoms in total. The molecule has 3 N–H and O–H groups in total. The summed E-state index contributed by atoms with van der Waals surface area (Å²) in [6, 6.07) is 18.5. The molecule has 1 amide bonds. The van der Waals surface area contributed by atoms with Gasteiger partial charge in [0.2, 0.25) is 5.91 Å². The van der Waals surface area contributed by atoms with E-state index in [1.54, 1.807) is 0 Å². The van der Waals surface area contributed by atoms with Crippen LogP contribution in [-0.4, -0.2) is 28.6 Å². The van der Waals surface area contributed by atoms with E-state index in [1.165, 1.54) is 10.9 Å². The predicted octanol–water partition coefficient (Wildman–Crippen LogP) is 4.04. The van der Waals surface area contributed by atoms with E-state index >= 15 is 0 Å². The van der Waals surface area contributed by atoms with Gasteiger partial charge in [0.15, 0.2) is 0 Å². The first-order chi connectivity index (χ1) is 12.7. The zero-order valence-electron chi connectivity index (χ0n) is 15.2. The van der Waals surface area contributed by atoms with Crippen molar-refractivity contribution in [2.24, 2.45) is 0 Å². The molecule has 136 valence electrons. The van der Waals surface area contributed by atoms with Crippen LogP contribution in [-0.2, 0) is 11.2 Å². The van der Waals surface area contributed by atoms with Crippen molar-refractivity contribution >= 4 is 16.8 Å². The fourth-order valence-electron chi connectivity index (χ4n) is 3.38. The monoisotopic (exact) mass is 350 g/mol. The van der Waals surface area contributed by atoms with Crippen molar-refractivity contribution < 1.29 is 9.90 Å². The highest BCUT2D eigenvalue weighted by Gasteiger charge is 2.15. The number of carbonyl (C=O) groups excluding carboxylic acids is 1. The van der Waals surface area contributed by atoms with E-state index in [1.807, 2.05) is 37.3 Å². The summed E-state index contributed by atoms with van der Waals surface area (Å²) in [5.41, 5.74) is 4.48. The van der Waals surface area contributed by atoms with Crippen LogP contribution in [0.2, 0.25) is 0 Å². The Balaban J connectivity index is 1.82. The van der Waals surface area contributed by atoms with E-state index in [-0.39, 0.29) is 18.6 Å². The number of fused-ring (bicyclic) bond motifs is 1. The first-order valence-corrected chi connectivity index (χ1v) is 9.28. The number of carbonyl (C=O) groups is 1. The highest BCUT2D eigenvalue weighted by atomic mass is 16.3. The lowest BCUT2D eigenvalue weighted by Crippen LogP contribution is -2.35. The number of aromatic amines is 1. The third-order valence-electron chi connectivity index (χ3n) is 4.81. The second-order valence-corrected chi connectivity index (χ2v) is 6.58. The van der Waals surface area contributed by atoms with Gasteiger partial charge in [0, 0.05) is 35.7 Å². The molecule has 26 heavy (non-hydrogen) atoms. The van der Waals surface area contributed by atoms with Crippen LogP contribution in [0.15, 0.2) is 54.6 Å². The van der Waals surface area contributed by atoms with Gasteiger partial charge in [-0.15, -0.1) is 0 Å². The molecule has 0 bridgehead atoms. The summed E-state index contributed by atoms with van der Waals surface area (Å²) in [5.74, 6) is 0.0367. The quantitative estimate of drug-likeness (QED) is 0.574. The fourth-order valence-corrected chi connectivity index (χ4v) is 3.38. The zero-order valence-corrected chi connectivity index (χ0v) is 15.2. The first kappa shape index (κ1) is 18.2. The van der Waals surface area contributed by atoms with E-state index in [9.17, 15) is 4.79 Å². The number of aliphatic hydroxyl groups is 1. The third kappa shape index (κ3) is 4.14. The van der Waals surface area contributed by atoms with Gasteiger partial charge in [-0.1, -0.05) is 55.5 Å². The van der Waals surface area contributed by atoms with Crippen LogP contribution in [0.4, 0.5) is 0 Å².